The zero-order chi connectivity index (χ0) is 16.2. The van der Waals surface area contributed by atoms with Gasteiger partial charge in [-0.15, -0.1) is 0 Å². The van der Waals surface area contributed by atoms with Gasteiger partial charge in [0.2, 0.25) is 5.91 Å². The molecule has 0 aliphatic carbocycles. The van der Waals surface area contributed by atoms with Gasteiger partial charge in [0.05, 0.1) is 0 Å². The van der Waals surface area contributed by atoms with Crippen LogP contribution < -0.4 is 11.1 Å². The molecular weight excluding hydrogens is 288 g/mol. The molecule has 0 saturated carbocycles. The highest BCUT2D eigenvalue weighted by atomic mass is 16.3. The van der Waals surface area contributed by atoms with Crippen molar-refractivity contribution in [3.05, 3.63) is 70.8 Å². The van der Waals surface area contributed by atoms with Crippen molar-refractivity contribution < 1.29 is 9.90 Å². The summed E-state index contributed by atoms with van der Waals surface area (Å²) in [5.41, 5.74) is 10.4. The minimum atomic E-state index is -0.426. The molecule has 1 heterocycles. The molecule has 0 atom stereocenters. The first-order valence-electron chi connectivity index (χ1n) is 7.77. The molecule has 0 spiro atoms. The van der Waals surface area contributed by atoms with Gasteiger partial charge in [-0.1, -0.05) is 29.8 Å². The fourth-order valence-electron chi connectivity index (χ4n) is 3.02. The molecule has 0 radical (unpaired) electrons. The zero-order valence-electron chi connectivity index (χ0n) is 12.9. The van der Waals surface area contributed by atoms with Gasteiger partial charge in [-0.05, 0) is 66.9 Å². The lowest BCUT2D eigenvalue weighted by molar-refractivity contribution is 0.100. The number of phenols is 1. The number of carbonyl (C=O) groups excluding carboxylic acids is 1. The van der Waals surface area contributed by atoms with Crippen molar-refractivity contribution in [1.82, 2.24) is 5.32 Å². The van der Waals surface area contributed by atoms with Gasteiger partial charge in [-0.2, -0.15) is 0 Å². The van der Waals surface area contributed by atoms with Gasteiger partial charge in [0.25, 0.3) is 0 Å². The van der Waals surface area contributed by atoms with Crippen LogP contribution in [-0.2, 0) is 0 Å². The fraction of sp³-hybridized carbons (Fsp3) is 0.211. The minimum absolute atomic E-state index is 0.253. The predicted octanol–water partition coefficient (Wildman–Crippen LogP) is 2.68. The van der Waals surface area contributed by atoms with Crippen molar-refractivity contribution in [3.8, 4) is 5.75 Å². The molecule has 0 unspecified atom stereocenters. The first-order chi connectivity index (χ1) is 11.1. The Balaban J connectivity index is 2.10. The van der Waals surface area contributed by atoms with Crippen LogP contribution in [0.2, 0.25) is 0 Å². The summed E-state index contributed by atoms with van der Waals surface area (Å²) < 4.78 is 0. The Morgan fingerprint density at radius 3 is 2.22 bits per heavy atom. The van der Waals surface area contributed by atoms with Crippen LogP contribution in [0.3, 0.4) is 0 Å². The number of benzene rings is 2. The molecule has 2 aromatic rings. The molecule has 1 fully saturated rings. The highest BCUT2D eigenvalue weighted by Crippen LogP contribution is 2.32. The summed E-state index contributed by atoms with van der Waals surface area (Å²) in [6.45, 7) is 1.91. The van der Waals surface area contributed by atoms with E-state index in [-0.39, 0.29) is 5.75 Å². The van der Waals surface area contributed by atoms with Gasteiger partial charge < -0.3 is 16.2 Å². The van der Waals surface area contributed by atoms with Gasteiger partial charge >= 0.3 is 0 Å². The molecule has 1 aliphatic rings. The maximum atomic E-state index is 11.3. The third-order valence-electron chi connectivity index (χ3n) is 4.15. The summed E-state index contributed by atoms with van der Waals surface area (Å²) >= 11 is 0. The number of nitrogens with one attached hydrogen (secondary N) is 1. The van der Waals surface area contributed by atoms with E-state index in [1.165, 1.54) is 5.57 Å². The number of aromatic hydroxyl groups is 1. The van der Waals surface area contributed by atoms with E-state index < -0.39 is 5.91 Å². The first-order valence-corrected chi connectivity index (χ1v) is 7.77. The number of hydrogen-bond donors (Lipinski definition) is 3. The van der Waals surface area contributed by atoms with E-state index in [0.717, 1.165) is 42.6 Å². The Labute approximate surface area is 135 Å². The summed E-state index contributed by atoms with van der Waals surface area (Å²) in [4.78, 5) is 11.3. The van der Waals surface area contributed by atoms with Gasteiger partial charge in [0.15, 0.2) is 0 Å². The maximum absolute atomic E-state index is 11.3. The molecular formula is C19H20N2O2. The molecule has 0 bridgehead atoms. The van der Waals surface area contributed by atoms with Crippen LogP contribution in [0.4, 0.5) is 0 Å². The lowest BCUT2D eigenvalue weighted by Gasteiger charge is -2.21. The molecule has 4 heteroatoms. The topological polar surface area (TPSA) is 75.4 Å². The quantitative estimate of drug-likeness (QED) is 0.816. The summed E-state index contributed by atoms with van der Waals surface area (Å²) in [7, 11) is 0. The van der Waals surface area contributed by atoms with Gasteiger partial charge in [0.1, 0.15) is 5.75 Å². The van der Waals surface area contributed by atoms with Crippen LogP contribution >= 0.6 is 0 Å². The summed E-state index contributed by atoms with van der Waals surface area (Å²) in [5.74, 6) is -0.173. The number of hydrogen-bond acceptors (Lipinski definition) is 3. The number of amides is 1. The minimum Gasteiger partial charge on any atom is -0.508 e. The summed E-state index contributed by atoms with van der Waals surface area (Å²) in [5, 5.41) is 13.2. The maximum Gasteiger partial charge on any atom is 0.248 e. The molecule has 3 rings (SSSR count). The molecule has 2 aromatic carbocycles. The molecule has 1 saturated heterocycles. The van der Waals surface area contributed by atoms with Crippen LogP contribution in [0, 0.1) is 0 Å². The number of piperidine rings is 1. The second-order valence-corrected chi connectivity index (χ2v) is 5.72. The van der Waals surface area contributed by atoms with Crippen molar-refractivity contribution in [2.45, 2.75) is 12.8 Å². The van der Waals surface area contributed by atoms with E-state index in [2.05, 4.69) is 5.32 Å². The highest BCUT2D eigenvalue weighted by Gasteiger charge is 2.15. The smallest absolute Gasteiger partial charge is 0.248 e. The van der Waals surface area contributed by atoms with Crippen LogP contribution in [0.5, 0.6) is 5.75 Å². The van der Waals surface area contributed by atoms with Crippen molar-refractivity contribution >= 4 is 11.5 Å². The summed E-state index contributed by atoms with van der Waals surface area (Å²) in [6, 6.07) is 14.7. The van der Waals surface area contributed by atoms with Crippen molar-refractivity contribution in [1.29, 1.82) is 0 Å². The van der Waals surface area contributed by atoms with E-state index in [1.807, 2.05) is 24.3 Å². The Hall–Kier alpha value is -2.59. The van der Waals surface area contributed by atoms with E-state index >= 15 is 0 Å². The van der Waals surface area contributed by atoms with Gasteiger partial charge in [0, 0.05) is 5.56 Å². The highest BCUT2D eigenvalue weighted by molar-refractivity contribution is 5.93. The Morgan fingerprint density at radius 2 is 1.61 bits per heavy atom. The van der Waals surface area contributed by atoms with Crippen molar-refractivity contribution in [2.75, 3.05) is 13.1 Å². The molecule has 4 N–H and O–H groups in total. The van der Waals surface area contributed by atoms with Crippen molar-refractivity contribution in [2.24, 2.45) is 5.73 Å². The molecule has 118 valence electrons. The molecule has 1 aliphatic heterocycles. The number of primary amides is 1. The summed E-state index contributed by atoms with van der Waals surface area (Å²) in [6.07, 6.45) is 1.95. The normalized spacial score (nSPS) is 14.5. The predicted molar refractivity (Wildman–Crippen MR) is 91.2 cm³/mol. The third-order valence-corrected chi connectivity index (χ3v) is 4.15. The average molecular weight is 308 g/mol. The van der Waals surface area contributed by atoms with Gasteiger partial charge in [-0.25, -0.2) is 0 Å². The Morgan fingerprint density at radius 1 is 0.957 bits per heavy atom. The second-order valence-electron chi connectivity index (χ2n) is 5.72. The van der Waals surface area contributed by atoms with E-state index in [0.29, 0.717) is 5.56 Å². The lowest BCUT2D eigenvalue weighted by atomic mass is 9.88. The third kappa shape index (κ3) is 3.43. The zero-order valence-corrected chi connectivity index (χ0v) is 12.9. The number of nitrogens with two attached hydrogens (primary N) is 1. The van der Waals surface area contributed by atoms with Crippen molar-refractivity contribution in [3.63, 3.8) is 0 Å². The Bertz CT molecular complexity index is 740. The standard InChI is InChI=1S/C19H20N2O2/c20-19(23)15-6-4-13(5-7-15)18(14-8-10-21-11-9-14)16-2-1-3-17(22)12-16/h1-7,12,21-22H,8-11H2,(H2,20,23). The number of rotatable bonds is 3. The van der Waals surface area contributed by atoms with Crippen LogP contribution in [-0.4, -0.2) is 24.1 Å². The average Bonchev–Trinajstić information content (AvgIpc) is 2.57. The number of phenolic OH excluding ortho intramolecular Hbond substituents is 1. The van der Waals surface area contributed by atoms with E-state index in [9.17, 15) is 9.90 Å². The fourth-order valence-corrected chi connectivity index (χ4v) is 3.02. The number of carbonyl (C=O) groups is 1. The SMILES string of the molecule is NC(=O)c1ccc(C(=C2CCNCC2)c2cccc(O)c2)cc1. The largest absolute Gasteiger partial charge is 0.508 e. The van der Waals surface area contributed by atoms with Crippen LogP contribution in [0.15, 0.2) is 54.1 Å². The van der Waals surface area contributed by atoms with E-state index in [1.54, 1.807) is 24.3 Å². The van der Waals surface area contributed by atoms with Crippen LogP contribution in [0.1, 0.15) is 34.3 Å². The molecule has 4 nitrogen and oxygen atoms in total. The van der Waals surface area contributed by atoms with Crippen LogP contribution in [0.25, 0.3) is 5.57 Å². The Kier molecular flexibility index (Phi) is 4.44. The van der Waals surface area contributed by atoms with Gasteiger partial charge in [-0.3, -0.25) is 4.79 Å². The first kappa shape index (κ1) is 15.3. The van der Waals surface area contributed by atoms with E-state index in [4.69, 9.17) is 5.73 Å². The molecule has 0 aromatic heterocycles. The monoisotopic (exact) mass is 308 g/mol. The molecule has 1 amide bonds. The molecule has 23 heavy (non-hydrogen) atoms. The second kappa shape index (κ2) is 6.67. The lowest BCUT2D eigenvalue weighted by Crippen LogP contribution is -2.23.